The molecule has 0 spiro atoms. The van der Waals surface area contributed by atoms with Crippen molar-refractivity contribution in [2.75, 3.05) is 0 Å². The first-order chi connectivity index (χ1) is 6.45. The summed E-state index contributed by atoms with van der Waals surface area (Å²) in [5, 5.41) is 7.69. The van der Waals surface area contributed by atoms with Gasteiger partial charge in [0.1, 0.15) is 12.1 Å². The Morgan fingerprint density at radius 2 is 2.15 bits per heavy atom. The SMILES string of the molecule is [CH]1Oc2ccccc2-n2cnnc21. The van der Waals surface area contributed by atoms with Crippen molar-refractivity contribution in [1.29, 1.82) is 0 Å². The number of fused-ring (bicyclic) bond motifs is 3. The highest BCUT2D eigenvalue weighted by Crippen LogP contribution is 2.28. The molecule has 4 heteroatoms. The third-order valence-corrected chi connectivity index (χ3v) is 1.99. The maximum atomic E-state index is 5.36. The van der Waals surface area contributed by atoms with Gasteiger partial charge in [-0.2, -0.15) is 0 Å². The predicted octanol–water partition coefficient (Wildman–Crippen LogP) is 1.17. The molecule has 0 saturated heterocycles. The number of nitrogens with zero attached hydrogens (tertiary/aromatic N) is 3. The maximum Gasteiger partial charge on any atom is 0.202 e. The van der Waals surface area contributed by atoms with Crippen molar-refractivity contribution >= 4 is 0 Å². The normalized spacial score (nSPS) is 12.9. The second-order valence-corrected chi connectivity index (χ2v) is 2.76. The summed E-state index contributed by atoms with van der Waals surface area (Å²) in [6, 6.07) is 7.77. The molecular weight excluding hydrogens is 166 g/mol. The van der Waals surface area contributed by atoms with Gasteiger partial charge in [-0.25, -0.2) is 0 Å². The first kappa shape index (κ1) is 6.65. The summed E-state index contributed by atoms with van der Waals surface area (Å²) < 4.78 is 7.25. The minimum absolute atomic E-state index is 0.721. The van der Waals surface area contributed by atoms with Gasteiger partial charge in [0.05, 0.1) is 5.69 Å². The highest BCUT2D eigenvalue weighted by atomic mass is 16.5. The van der Waals surface area contributed by atoms with Crippen molar-refractivity contribution in [2.45, 2.75) is 0 Å². The van der Waals surface area contributed by atoms with Crippen LogP contribution in [0.15, 0.2) is 30.6 Å². The lowest BCUT2D eigenvalue weighted by Crippen LogP contribution is -2.10. The Kier molecular flexibility index (Phi) is 1.19. The van der Waals surface area contributed by atoms with Crippen LogP contribution in [0.2, 0.25) is 0 Å². The predicted molar refractivity (Wildman–Crippen MR) is 45.4 cm³/mol. The minimum Gasteiger partial charge on any atom is -0.476 e. The second kappa shape index (κ2) is 2.32. The molecule has 13 heavy (non-hydrogen) atoms. The molecule has 0 fully saturated rings. The number of hydrogen-bond donors (Lipinski definition) is 0. The van der Waals surface area contributed by atoms with E-state index in [1.165, 1.54) is 0 Å². The lowest BCUT2D eigenvalue weighted by Gasteiger charge is -2.16. The van der Waals surface area contributed by atoms with Crippen molar-refractivity contribution in [3.8, 4) is 11.4 Å². The van der Waals surface area contributed by atoms with Gasteiger partial charge in [-0.3, -0.25) is 4.57 Å². The van der Waals surface area contributed by atoms with Crippen LogP contribution in [0.25, 0.3) is 5.69 Å². The van der Waals surface area contributed by atoms with Crippen LogP contribution < -0.4 is 4.74 Å². The van der Waals surface area contributed by atoms with Gasteiger partial charge in [0.15, 0.2) is 5.82 Å². The van der Waals surface area contributed by atoms with Crippen LogP contribution in [0.4, 0.5) is 0 Å². The average Bonchev–Trinajstić information content (AvgIpc) is 2.65. The van der Waals surface area contributed by atoms with E-state index in [1.807, 2.05) is 28.8 Å². The van der Waals surface area contributed by atoms with E-state index in [-0.39, 0.29) is 0 Å². The topological polar surface area (TPSA) is 39.9 Å². The van der Waals surface area contributed by atoms with Crippen LogP contribution in [0.3, 0.4) is 0 Å². The summed E-state index contributed by atoms with van der Waals surface area (Å²) in [5.74, 6) is 1.55. The number of hydrogen-bond acceptors (Lipinski definition) is 3. The Bertz CT molecular complexity index is 450. The van der Waals surface area contributed by atoms with Crippen LogP contribution in [0, 0.1) is 6.61 Å². The highest BCUT2D eigenvalue weighted by molar-refractivity contribution is 5.49. The molecule has 0 atom stereocenters. The first-order valence-corrected chi connectivity index (χ1v) is 3.94. The zero-order valence-electron chi connectivity index (χ0n) is 6.71. The molecule has 0 amide bonds. The van der Waals surface area contributed by atoms with Crippen LogP contribution >= 0.6 is 0 Å². The fraction of sp³-hybridized carbons (Fsp3) is 0. The Morgan fingerprint density at radius 1 is 1.23 bits per heavy atom. The quantitative estimate of drug-likeness (QED) is 0.598. The molecule has 3 rings (SSSR count). The summed E-state index contributed by atoms with van der Waals surface area (Å²) in [4.78, 5) is 0. The number of aromatic nitrogens is 3. The molecule has 0 bridgehead atoms. The van der Waals surface area contributed by atoms with Crippen molar-refractivity contribution in [2.24, 2.45) is 0 Å². The lowest BCUT2D eigenvalue weighted by molar-refractivity contribution is 0.401. The molecule has 0 saturated carbocycles. The van der Waals surface area contributed by atoms with Crippen molar-refractivity contribution in [1.82, 2.24) is 14.8 Å². The van der Waals surface area contributed by atoms with Gasteiger partial charge in [0.2, 0.25) is 6.61 Å². The second-order valence-electron chi connectivity index (χ2n) is 2.76. The maximum absolute atomic E-state index is 5.36. The molecule has 1 aliphatic rings. The van der Waals surface area contributed by atoms with E-state index in [0.717, 1.165) is 17.3 Å². The summed E-state index contributed by atoms with van der Waals surface area (Å²) in [6.45, 7) is 1.59. The zero-order chi connectivity index (χ0) is 8.67. The van der Waals surface area contributed by atoms with Crippen molar-refractivity contribution in [3.63, 3.8) is 0 Å². The molecule has 63 valence electrons. The van der Waals surface area contributed by atoms with Gasteiger partial charge in [-0.1, -0.05) is 12.1 Å². The Labute approximate surface area is 74.8 Å². The molecule has 0 N–H and O–H groups in total. The molecule has 1 radical (unpaired) electrons. The van der Waals surface area contributed by atoms with Crippen LogP contribution in [-0.2, 0) is 0 Å². The molecule has 2 heterocycles. The largest absolute Gasteiger partial charge is 0.476 e. The van der Waals surface area contributed by atoms with Crippen molar-refractivity contribution < 1.29 is 4.74 Å². The van der Waals surface area contributed by atoms with Crippen LogP contribution in [0.1, 0.15) is 5.82 Å². The van der Waals surface area contributed by atoms with Gasteiger partial charge < -0.3 is 4.74 Å². The van der Waals surface area contributed by atoms with Crippen LogP contribution in [-0.4, -0.2) is 14.8 Å². The number of rotatable bonds is 0. The fourth-order valence-corrected chi connectivity index (χ4v) is 1.38. The van der Waals surface area contributed by atoms with Gasteiger partial charge in [0.25, 0.3) is 0 Å². The summed E-state index contributed by atoms with van der Waals surface area (Å²) in [6.07, 6.45) is 1.67. The van der Waals surface area contributed by atoms with Gasteiger partial charge in [-0.15, -0.1) is 10.2 Å². The van der Waals surface area contributed by atoms with Gasteiger partial charge in [-0.05, 0) is 12.1 Å². The Morgan fingerprint density at radius 3 is 3.15 bits per heavy atom. The molecule has 1 aromatic carbocycles. The molecule has 0 aliphatic carbocycles. The summed E-state index contributed by atoms with van der Waals surface area (Å²) >= 11 is 0. The Hall–Kier alpha value is -1.84. The van der Waals surface area contributed by atoms with Gasteiger partial charge >= 0.3 is 0 Å². The van der Waals surface area contributed by atoms with Crippen molar-refractivity contribution in [3.05, 3.63) is 43.0 Å². The third-order valence-electron chi connectivity index (χ3n) is 1.99. The highest BCUT2D eigenvalue weighted by Gasteiger charge is 2.17. The van der Waals surface area contributed by atoms with E-state index < -0.39 is 0 Å². The fourth-order valence-electron chi connectivity index (χ4n) is 1.38. The molecule has 0 unspecified atom stereocenters. The average molecular weight is 172 g/mol. The minimum atomic E-state index is 0.721. The molecular formula is C9H6N3O. The van der Waals surface area contributed by atoms with E-state index in [4.69, 9.17) is 4.74 Å². The number of benzene rings is 1. The smallest absolute Gasteiger partial charge is 0.202 e. The number of para-hydroxylation sites is 2. The van der Waals surface area contributed by atoms with E-state index in [0.29, 0.717) is 0 Å². The zero-order valence-corrected chi connectivity index (χ0v) is 6.71. The third kappa shape index (κ3) is 0.853. The first-order valence-electron chi connectivity index (χ1n) is 3.94. The Balaban J connectivity index is 2.30. The van der Waals surface area contributed by atoms with Crippen LogP contribution in [0.5, 0.6) is 5.75 Å². The van der Waals surface area contributed by atoms with E-state index in [1.54, 1.807) is 12.9 Å². The molecule has 1 aromatic heterocycles. The summed E-state index contributed by atoms with van der Waals surface area (Å²) in [7, 11) is 0. The van der Waals surface area contributed by atoms with E-state index in [9.17, 15) is 0 Å². The monoisotopic (exact) mass is 172 g/mol. The molecule has 2 aromatic rings. The van der Waals surface area contributed by atoms with E-state index >= 15 is 0 Å². The summed E-state index contributed by atoms with van der Waals surface area (Å²) in [5.41, 5.74) is 0.977. The standard InChI is InChI=1S/C9H6N3O/c1-2-4-8-7(3-1)12-6-10-11-9(12)5-13-8/h1-6H. The number of ether oxygens (including phenoxy) is 1. The lowest BCUT2D eigenvalue weighted by atomic mass is 10.2. The van der Waals surface area contributed by atoms with E-state index in [2.05, 4.69) is 10.2 Å². The van der Waals surface area contributed by atoms with Gasteiger partial charge in [0, 0.05) is 0 Å². The molecule has 4 nitrogen and oxygen atoms in total. The molecule has 1 aliphatic heterocycles.